The minimum Gasteiger partial charge on any atom is -0.461 e. The van der Waals surface area contributed by atoms with Crippen LogP contribution in [-0.2, 0) is 0 Å². The van der Waals surface area contributed by atoms with Crippen LogP contribution in [0, 0.1) is 13.8 Å². The zero-order valence-electron chi connectivity index (χ0n) is 5.18. The molecule has 0 amide bonds. The van der Waals surface area contributed by atoms with E-state index in [9.17, 15) is 4.79 Å². The molecule has 0 atom stereocenters. The summed E-state index contributed by atoms with van der Waals surface area (Å²) < 4.78 is 4.81. The molecule has 2 nitrogen and oxygen atoms in total. The average molecular weight is 123 g/mol. The van der Waals surface area contributed by atoms with Crippen molar-refractivity contribution >= 4 is 5.78 Å². The van der Waals surface area contributed by atoms with Crippen molar-refractivity contribution in [2.75, 3.05) is 0 Å². The molecule has 1 heterocycles. The van der Waals surface area contributed by atoms with Gasteiger partial charge in [0.25, 0.3) is 0 Å². The number of furan rings is 1. The van der Waals surface area contributed by atoms with Gasteiger partial charge in [-0.25, -0.2) is 0 Å². The van der Waals surface area contributed by atoms with Gasteiger partial charge in [-0.1, -0.05) is 0 Å². The van der Waals surface area contributed by atoms with E-state index in [0.29, 0.717) is 5.76 Å². The topological polar surface area (TPSA) is 30.2 Å². The quantitative estimate of drug-likeness (QED) is 0.531. The van der Waals surface area contributed by atoms with Gasteiger partial charge in [0.2, 0.25) is 0 Å². The summed E-state index contributed by atoms with van der Waals surface area (Å²) >= 11 is 0. The van der Waals surface area contributed by atoms with Crippen molar-refractivity contribution in [3.05, 3.63) is 30.6 Å². The number of aryl methyl sites for hydroxylation is 1. The minimum atomic E-state index is -0.266. The van der Waals surface area contributed by atoms with Gasteiger partial charge in [-0.05, 0) is 18.6 Å². The highest BCUT2D eigenvalue weighted by Gasteiger charge is 2.05. The molecule has 0 aliphatic heterocycles. The number of hydrogen-bond donors (Lipinski definition) is 0. The van der Waals surface area contributed by atoms with Gasteiger partial charge in [-0.15, -0.1) is 0 Å². The zero-order valence-corrected chi connectivity index (χ0v) is 5.18. The largest absolute Gasteiger partial charge is 0.461 e. The lowest BCUT2D eigenvalue weighted by molar-refractivity contribution is 0.101. The Labute approximate surface area is 53.5 Å². The Kier molecular flexibility index (Phi) is 1.39. The molecule has 0 saturated carbocycles. The molecule has 1 rings (SSSR count). The van der Waals surface area contributed by atoms with E-state index < -0.39 is 0 Å². The van der Waals surface area contributed by atoms with E-state index in [-0.39, 0.29) is 5.78 Å². The second kappa shape index (κ2) is 2.05. The van der Waals surface area contributed by atoms with Crippen LogP contribution in [0.5, 0.6) is 0 Å². The molecule has 0 spiro atoms. The van der Waals surface area contributed by atoms with Crippen molar-refractivity contribution in [1.82, 2.24) is 0 Å². The van der Waals surface area contributed by atoms with Gasteiger partial charge in [0.05, 0.1) is 6.26 Å². The van der Waals surface area contributed by atoms with Gasteiger partial charge in [0.15, 0.2) is 11.5 Å². The average Bonchev–Trinajstić information content (AvgIpc) is 2.13. The lowest BCUT2D eigenvalue weighted by Crippen LogP contribution is -1.90. The van der Waals surface area contributed by atoms with Crippen molar-refractivity contribution in [3.63, 3.8) is 0 Å². The van der Waals surface area contributed by atoms with Crippen LogP contribution in [0.4, 0.5) is 0 Å². The van der Waals surface area contributed by atoms with Crippen LogP contribution < -0.4 is 0 Å². The fraction of sp³-hybridized carbons (Fsp3) is 0.143. The van der Waals surface area contributed by atoms with E-state index in [2.05, 4.69) is 6.92 Å². The van der Waals surface area contributed by atoms with E-state index in [4.69, 9.17) is 4.42 Å². The Hall–Kier alpha value is -1.05. The molecule has 1 radical (unpaired) electrons. The molecule has 2 heteroatoms. The van der Waals surface area contributed by atoms with Crippen molar-refractivity contribution < 1.29 is 9.21 Å². The summed E-state index contributed by atoms with van der Waals surface area (Å²) in [4.78, 5) is 10.5. The molecular weight excluding hydrogens is 116 g/mol. The SMILES string of the molecule is [CH2]C(=O)c1occc1C. The monoisotopic (exact) mass is 123 g/mol. The maximum atomic E-state index is 10.5. The summed E-state index contributed by atoms with van der Waals surface area (Å²) in [7, 11) is 0. The Morgan fingerprint density at radius 2 is 2.44 bits per heavy atom. The summed E-state index contributed by atoms with van der Waals surface area (Å²) in [5.74, 6) is 0.0903. The second-order valence-corrected chi connectivity index (χ2v) is 1.86. The van der Waals surface area contributed by atoms with Crippen molar-refractivity contribution in [2.45, 2.75) is 6.92 Å². The molecule has 0 N–H and O–H groups in total. The summed E-state index contributed by atoms with van der Waals surface area (Å²) in [6.45, 7) is 5.02. The first-order chi connectivity index (χ1) is 4.22. The van der Waals surface area contributed by atoms with Crippen LogP contribution in [0.25, 0.3) is 0 Å². The van der Waals surface area contributed by atoms with Crippen molar-refractivity contribution in [2.24, 2.45) is 0 Å². The molecule has 9 heavy (non-hydrogen) atoms. The predicted octanol–water partition coefficient (Wildman–Crippen LogP) is 1.60. The fourth-order valence-corrected chi connectivity index (χ4v) is 0.658. The van der Waals surface area contributed by atoms with Crippen LogP contribution in [-0.4, -0.2) is 5.78 Å². The number of hydrogen-bond acceptors (Lipinski definition) is 2. The molecule has 0 saturated heterocycles. The number of Topliss-reactive ketones (excluding diaryl/α,β-unsaturated/α-hetero) is 1. The standard InChI is InChI=1S/C7H7O2/c1-5-3-4-9-7(5)6(2)8/h3-4H,2H2,1H3. The Bertz CT molecular complexity index is 223. The van der Waals surface area contributed by atoms with Gasteiger partial charge in [0.1, 0.15) is 0 Å². The van der Waals surface area contributed by atoms with E-state index in [1.54, 1.807) is 6.07 Å². The van der Waals surface area contributed by atoms with E-state index in [1.165, 1.54) is 6.26 Å². The second-order valence-electron chi connectivity index (χ2n) is 1.86. The van der Waals surface area contributed by atoms with Gasteiger partial charge in [0, 0.05) is 6.92 Å². The third-order valence-electron chi connectivity index (χ3n) is 1.12. The first-order valence-electron chi connectivity index (χ1n) is 2.62. The minimum absolute atomic E-state index is 0.266. The van der Waals surface area contributed by atoms with Crippen molar-refractivity contribution in [3.8, 4) is 0 Å². The number of carbonyl (C=O) groups is 1. The molecule has 1 aromatic rings. The van der Waals surface area contributed by atoms with Crippen LogP contribution in [0.3, 0.4) is 0 Å². The van der Waals surface area contributed by atoms with Crippen LogP contribution in [0.1, 0.15) is 16.1 Å². The predicted molar refractivity (Wildman–Crippen MR) is 33.1 cm³/mol. The molecule has 0 aliphatic carbocycles. The third-order valence-corrected chi connectivity index (χ3v) is 1.12. The molecule has 0 fully saturated rings. The number of ketones is 1. The smallest absolute Gasteiger partial charge is 0.198 e. The van der Waals surface area contributed by atoms with Gasteiger partial charge in [-0.3, -0.25) is 4.79 Å². The highest BCUT2D eigenvalue weighted by Crippen LogP contribution is 2.07. The first kappa shape index (κ1) is 6.08. The lowest BCUT2D eigenvalue weighted by atomic mass is 10.2. The van der Waals surface area contributed by atoms with E-state index in [1.807, 2.05) is 6.92 Å². The highest BCUT2D eigenvalue weighted by atomic mass is 16.3. The summed E-state index contributed by atoms with van der Waals surface area (Å²) in [6.07, 6.45) is 1.48. The Morgan fingerprint density at radius 1 is 1.78 bits per heavy atom. The Balaban J connectivity index is 3.08. The van der Waals surface area contributed by atoms with Crippen LogP contribution in [0.2, 0.25) is 0 Å². The molecular formula is C7H7O2. The molecule has 47 valence electrons. The molecule has 0 bridgehead atoms. The van der Waals surface area contributed by atoms with E-state index >= 15 is 0 Å². The lowest BCUT2D eigenvalue weighted by Gasteiger charge is -1.86. The van der Waals surface area contributed by atoms with Crippen LogP contribution in [0.15, 0.2) is 16.7 Å². The van der Waals surface area contributed by atoms with Gasteiger partial charge < -0.3 is 4.42 Å². The number of carbonyl (C=O) groups excluding carboxylic acids is 1. The normalized spacial score (nSPS) is 9.56. The third kappa shape index (κ3) is 1.02. The fourth-order valence-electron chi connectivity index (χ4n) is 0.658. The number of rotatable bonds is 1. The molecule has 0 unspecified atom stereocenters. The van der Waals surface area contributed by atoms with E-state index in [0.717, 1.165) is 5.56 Å². The Morgan fingerprint density at radius 3 is 2.67 bits per heavy atom. The molecule has 1 aromatic heterocycles. The van der Waals surface area contributed by atoms with Gasteiger partial charge in [-0.2, -0.15) is 0 Å². The first-order valence-corrected chi connectivity index (χ1v) is 2.62. The molecule has 0 aromatic carbocycles. The maximum absolute atomic E-state index is 10.5. The van der Waals surface area contributed by atoms with Crippen LogP contribution >= 0.6 is 0 Å². The summed E-state index contributed by atoms with van der Waals surface area (Å²) in [5, 5.41) is 0. The maximum Gasteiger partial charge on any atom is 0.198 e. The molecule has 0 aliphatic rings. The zero-order chi connectivity index (χ0) is 6.85. The van der Waals surface area contributed by atoms with Gasteiger partial charge >= 0.3 is 0 Å². The summed E-state index contributed by atoms with van der Waals surface area (Å²) in [6, 6.07) is 1.73. The summed E-state index contributed by atoms with van der Waals surface area (Å²) in [5.41, 5.74) is 0.843. The van der Waals surface area contributed by atoms with Crippen molar-refractivity contribution in [1.29, 1.82) is 0 Å². The highest BCUT2D eigenvalue weighted by molar-refractivity contribution is 5.97.